The van der Waals surface area contributed by atoms with E-state index in [4.69, 9.17) is 5.73 Å². The topological polar surface area (TPSA) is 29.3 Å². The quantitative estimate of drug-likeness (QED) is 0.517. The van der Waals surface area contributed by atoms with Crippen molar-refractivity contribution in [2.45, 2.75) is 6.54 Å². The molecule has 0 atom stereocenters. The van der Waals surface area contributed by atoms with E-state index in [-0.39, 0.29) is 0 Å². The van der Waals surface area contributed by atoms with Crippen molar-refractivity contribution in [3.63, 3.8) is 0 Å². The maximum atomic E-state index is 12.3. The van der Waals surface area contributed by atoms with Crippen molar-refractivity contribution in [3.05, 3.63) is 29.8 Å². The third kappa shape index (κ3) is 2.55. The minimum absolute atomic E-state index is 0.306. The number of nitrogen functional groups attached to an aromatic ring is 1. The molecule has 0 spiro atoms. The summed E-state index contributed by atoms with van der Waals surface area (Å²) in [5.74, 6) is 0. The number of nitrogens with zero attached hydrogens (tertiary/aromatic N) is 1. The molecule has 0 unspecified atom stereocenters. The zero-order valence-corrected chi connectivity index (χ0v) is 6.42. The minimum Gasteiger partial charge on any atom is -0.399 e. The van der Waals surface area contributed by atoms with Crippen molar-refractivity contribution in [2.24, 2.45) is 0 Å². The Morgan fingerprint density at radius 2 is 1.91 bits per heavy atom. The van der Waals surface area contributed by atoms with Crippen LogP contribution in [0.4, 0.5) is 10.2 Å². The molecule has 60 valence electrons. The standard InChI is InChI=1S/C8H11FN2/c1-11(9)6-7-2-4-8(10)5-3-7/h2-5H,6,10H2,1H3. The summed E-state index contributed by atoms with van der Waals surface area (Å²) in [6, 6.07) is 7.15. The van der Waals surface area contributed by atoms with E-state index < -0.39 is 0 Å². The third-order valence-corrected chi connectivity index (χ3v) is 1.38. The molecule has 1 aromatic rings. The molecule has 0 aliphatic carbocycles. The average molecular weight is 154 g/mol. The van der Waals surface area contributed by atoms with Crippen LogP contribution in [0.2, 0.25) is 0 Å². The Labute approximate surface area is 65.4 Å². The van der Waals surface area contributed by atoms with Gasteiger partial charge in [-0.25, -0.2) is 0 Å². The monoisotopic (exact) mass is 154 g/mol. The molecule has 2 nitrogen and oxygen atoms in total. The van der Waals surface area contributed by atoms with Gasteiger partial charge in [0.25, 0.3) is 0 Å². The lowest BCUT2D eigenvalue weighted by atomic mass is 10.2. The first-order valence-corrected chi connectivity index (χ1v) is 3.40. The first kappa shape index (κ1) is 8.01. The van der Waals surface area contributed by atoms with Crippen molar-refractivity contribution < 1.29 is 4.48 Å². The van der Waals surface area contributed by atoms with Crippen LogP contribution in [0.1, 0.15) is 5.56 Å². The molecule has 0 aliphatic heterocycles. The SMILES string of the molecule is CN(F)Cc1ccc(N)cc1. The molecule has 0 aliphatic rings. The van der Waals surface area contributed by atoms with Gasteiger partial charge in [0.05, 0.1) is 6.54 Å². The summed E-state index contributed by atoms with van der Waals surface area (Å²) in [4.78, 5) is 0. The van der Waals surface area contributed by atoms with Gasteiger partial charge in [-0.1, -0.05) is 12.1 Å². The van der Waals surface area contributed by atoms with Crippen molar-refractivity contribution >= 4 is 5.69 Å². The van der Waals surface area contributed by atoms with Crippen LogP contribution in [0.5, 0.6) is 0 Å². The Hall–Kier alpha value is -1.09. The largest absolute Gasteiger partial charge is 0.399 e. The Bertz CT molecular complexity index is 218. The van der Waals surface area contributed by atoms with E-state index >= 15 is 0 Å². The lowest BCUT2D eigenvalue weighted by molar-refractivity contribution is 0.0506. The molecular weight excluding hydrogens is 143 g/mol. The van der Waals surface area contributed by atoms with Gasteiger partial charge >= 0.3 is 0 Å². The summed E-state index contributed by atoms with van der Waals surface area (Å²) in [5, 5.41) is 0.630. The first-order chi connectivity index (χ1) is 5.18. The molecule has 0 fully saturated rings. The van der Waals surface area contributed by atoms with Gasteiger partial charge in [-0.05, 0) is 17.7 Å². The van der Waals surface area contributed by atoms with Crippen LogP contribution in [0, 0.1) is 0 Å². The molecule has 0 saturated carbocycles. The fourth-order valence-electron chi connectivity index (χ4n) is 0.875. The maximum Gasteiger partial charge on any atom is 0.0537 e. The van der Waals surface area contributed by atoms with Gasteiger partial charge in [-0.3, -0.25) is 0 Å². The molecule has 3 heteroatoms. The summed E-state index contributed by atoms with van der Waals surface area (Å²) in [6.07, 6.45) is 0. The number of halogens is 1. The Morgan fingerprint density at radius 3 is 2.36 bits per heavy atom. The molecule has 0 saturated heterocycles. The fraction of sp³-hybridized carbons (Fsp3) is 0.250. The van der Waals surface area contributed by atoms with Gasteiger partial charge < -0.3 is 5.73 Å². The zero-order valence-electron chi connectivity index (χ0n) is 6.42. The van der Waals surface area contributed by atoms with Gasteiger partial charge in [-0.15, -0.1) is 9.60 Å². The third-order valence-electron chi connectivity index (χ3n) is 1.38. The minimum atomic E-state index is 0.306. The van der Waals surface area contributed by atoms with Gasteiger partial charge in [0.15, 0.2) is 0 Å². The van der Waals surface area contributed by atoms with Crippen LogP contribution in [0.15, 0.2) is 24.3 Å². The number of benzene rings is 1. The molecule has 2 N–H and O–H groups in total. The Balaban J connectivity index is 2.66. The second-order valence-corrected chi connectivity index (χ2v) is 2.50. The van der Waals surface area contributed by atoms with Crippen LogP contribution in [0.3, 0.4) is 0 Å². The molecule has 0 heterocycles. The number of nitrogens with two attached hydrogens (primary N) is 1. The summed E-state index contributed by atoms with van der Waals surface area (Å²) in [5.41, 5.74) is 7.07. The summed E-state index contributed by atoms with van der Waals surface area (Å²) >= 11 is 0. The first-order valence-electron chi connectivity index (χ1n) is 3.40. The second kappa shape index (κ2) is 3.34. The van der Waals surface area contributed by atoms with E-state index in [0.29, 0.717) is 17.4 Å². The van der Waals surface area contributed by atoms with E-state index in [1.807, 2.05) is 12.1 Å². The molecule has 1 rings (SSSR count). The lowest BCUT2D eigenvalue weighted by Gasteiger charge is -2.04. The number of hydrogen-bond donors (Lipinski definition) is 1. The van der Waals surface area contributed by atoms with E-state index in [1.165, 1.54) is 7.05 Å². The highest BCUT2D eigenvalue weighted by atomic mass is 19.2. The van der Waals surface area contributed by atoms with E-state index in [0.717, 1.165) is 5.56 Å². The van der Waals surface area contributed by atoms with Crippen LogP contribution in [0.25, 0.3) is 0 Å². The van der Waals surface area contributed by atoms with Gasteiger partial charge in [-0.2, -0.15) is 0 Å². The fourth-order valence-corrected chi connectivity index (χ4v) is 0.875. The van der Waals surface area contributed by atoms with Gasteiger partial charge in [0.1, 0.15) is 0 Å². The maximum absolute atomic E-state index is 12.3. The van der Waals surface area contributed by atoms with Crippen LogP contribution >= 0.6 is 0 Å². The van der Waals surface area contributed by atoms with Crippen molar-refractivity contribution in [1.29, 1.82) is 0 Å². The number of anilines is 1. The predicted molar refractivity (Wildman–Crippen MR) is 43.4 cm³/mol. The summed E-state index contributed by atoms with van der Waals surface area (Å²) < 4.78 is 12.3. The van der Waals surface area contributed by atoms with Gasteiger partial charge in [0.2, 0.25) is 0 Å². The molecule has 1 aromatic carbocycles. The summed E-state index contributed by atoms with van der Waals surface area (Å²) in [7, 11) is 1.39. The lowest BCUT2D eigenvalue weighted by Crippen LogP contribution is -2.05. The molecular formula is C8H11FN2. The van der Waals surface area contributed by atoms with Crippen molar-refractivity contribution in [3.8, 4) is 0 Å². The number of hydrogen-bond acceptors (Lipinski definition) is 2. The Kier molecular flexibility index (Phi) is 2.44. The molecule has 0 radical (unpaired) electrons. The second-order valence-electron chi connectivity index (χ2n) is 2.50. The normalized spacial score (nSPS) is 10.5. The van der Waals surface area contributed by atoms with Crippen LogP contribution < -0.4 is 5.73 Å². The van der Waals surface area contributed by atoms with Gasteiger partial charge in [0, 0.05) is 12.7 Å². The highest BCUT2D eigenvalue weighted by Crippen LogP contribution is 2.07. The van der Waals surface area contributed by atoms with Crippen LogP contribution in [-0.4, -0.2) is 12.2 Å². The summed E-state index contributed by atoms with van der Waals surface area (Å²) in [6.45, 7) is 0.306. The highest BCUT2D eigenvalue weighted by molar-refractivity contribution is 5.39. The predicted octanol–water partition coefficient (Wildman–Crippen LogP) is 1.59. The Morgan fingerprint density at radius 1 is 1.36 bits per heavy atom. The molecule has 11 heavy (non-hydrogen) atoms. The highest BCUT2D eigenvalue weighted by Gasteiger charge is 1.95. The number of rotatable bonds is 2. The molecule has 0 bridgehead atoms. The van der Waals surface area contributed by atoms with Crippen LogP contribution in [-0.2, 0) is 6.54 Å². The molecule has 0 amide bonds. The van der Waals surface area contributed by atoms with E-state index in [1.54, 1.807) is 12.1 Å². The van der Waals surface area contributed by atoms with Crippen molar-refractivity contribution in [1.82, 2.24) is 5.12 Å². The zero-order chi connectivity index (χ0) is 8.27. The average Bonchev–Trinajstić information content (AvgIpc) is 1.93. The van der Waals surface area contributed by atoms with Crippen molar-refractivity contribution in [2.75, 3.05) is 12.8 Å². The molecule has 0 aromatic heterocycles. The smallest absolute Gasteiger partial charge is 0.0537 e. The van der Waals surface area contributed by atoms with E-state index in [2.05, 4.69) is 0 Å². The van der Waals surface area contributed by atoms with E-state index in [9.17, 15) is 4.48 Å².